The Morgan fingerprint density at radius 1 is 0.905 bits per heavy atom. The summed E-state index contributed by atoms with van der Waals surface area (Å²) in [6, 6.07) is 4.47. The zero-order chi connectivity index (χ0) is 31.2. The van der Waals surface area contributed by atoms with Crippen LogP contribution in [0.15, 0.2) is 59.7 Å². The molecule has 234 valence electrons. The van der Waals surface area contributed by atoms with Gasteiger partial charge in [0.25, 0.3) is 0 Å². The predicted molar refractivity (Wildman–Crippen MR) is 183 cm³/mol. The van der Waals surface area contributed by atoms with E-state index >= 15 is 0 Å². The first kappa shape index (κ1) is 34.4. The minimum Gasteiger partial charge on any atom is -0.496 e. The number of methoxy groups -OCH3 is 2. The normalized spacial score (nSPS) is 26.2. The van der Waals surface area contributed by atoms with Crippen LogP contribution in [0.4, 0.5) is 0 Å². The second-order valence-electron chi connectivity index (χ2n) is 14.3. The summed E-state index contributed by atoms with van der Waals surface area (Å²) in [6.45, 7) is 26.5. The van der Waals surface area contributed by atoms with Gasteiger partial charge in [0.1, 0.15) is 11.5 Å². The van der Waals surface area contributed by atoms with Gasteiger partial charge in [0.05, 0.1) is 14.2 Å². The Labute approximate surface area is 259 Å². The van der Waals surface area contributed by atoms with Crippen LogP contribution in [0.5, 0.6) is 11.5 Å². The fourth-order valence-electron chi connectivity index (χ4n) is 8.31. The first-order chi connectivity index (χ1) is 19.8. The van der Waals surface area contributed by atoms with Crippen molar-refractivity contribution in [3.05, 3.63) is 70.9 Å². The molecule has 0 radical (unpaired) electrons. The third-order valence-corrected chi connectivity index (χ3v) is 16.6. The first-order valence-corrected chi connectivity index (χ1v) is 18.5. The fraction of sp³-hybridized carbons (Fsp3) is 0.632. The molecule has 0 amide bonds. The highest BCUT2D eigenvalue weighted by molar-refractivity contribution is 6.77. The molecular weight excluding hydrogens is 533 g/mol. The van der Waals surface area contributed by atoms with Crippen molar-refractivity contribution in [1.82, 2.24) is 0 Å². The molecule has 0 aliphatic heterocycles. The van der Waals surface area contributed by atoms with Crippen LogP contribution >= 0.6 is 0 Å². The van der Waals surface area contributed by atoms with Gasteiger partial charge in [-0.3, -0.25) is 0 Å². The maximum atomic E-state index is 7.48. The fourth-order valence-corrected chi connectivity index (χ4v) is 13.8. The van der Waals surface area contributed by atoms with Crippen molar-refractivity contribution in [2.45, 2.75) is 117 Å². The van der Waals surface area contributed by atoms with E-state index in [0.717, 1.165) is 56.6 Å². The lowest BCUT2D eigenvalue weighted by atomic mass is 9.59. The van der Waals surface area contributed by atoms with Gasteiger partial charge in [-0.2, -0.15) is 0 Å². The van der Waals surface area contributed by atoms with E-state index in [2.05, 4.69) is 105 Å². The van der Waals surface area contributed by atoms with Gasteiger partial charge >= 0.3 is 0 Å². The Morgan fingerprint density at radius 2 is 1.50 bits per heavy atom. The van der Waals surface area contributed by atoms with E-state index in [0.29, 0.717) is 28.5 Å². The van der Waals surface area contributed by atoms with Crippen molar-refractivity contribution in [1.29, 1.82) is 0 Å². The van der Waals surface area contributed by atoms with Gasteiger partial charge in [0.2, 0.25) is 0 Å². The molecule has 3 aliphatic carbocycles. The highest BCUT2D eigenvalue weighted by Crippen LogP contribution is 2.52. The highest BCUT2D eigenvalue weighted by atomic mass is 28.4. The highest BCUT2D eigenvalue weighted by Gasteiger charge is 2.50. The van der Waals surface area contributed by atoms with Gasteiger partial charge in [-0.25, -0.2) is 0 Å². The van der Waals surface area contributed by atoms with Crippen LogP contribution in [0.1, 0.15) is 99.1 Å². The van der Waals surface area contributed by atoms with E-state index in [1.165, 1.54) is 27.8 Å². The molecule has 1 aromatic rings. The lowest BCUT2D eigenvalue weighted by Gasteiger charge is -2.51. The summed E-state index contributed by atoms with van der Waals surface area (Å²) in [5.74, 6) is 2.73. The van der Waals surface area contributed by atoms with Crippen LogP contribution in [0.2, 0.25) is 16.6 Å². The Hall–Kier alpha value is -2.04. The minimum atomic E-state index is -2.06. The number of hydrogen-bond acceptors (Lipinski definition) is 3. The number of fused-ring (bicyclic) bond motifs is 8. The third-order valence-electron chi connectivity index (χ3n) is 10.5. The molecule has 4 rings (SSSR count). The molecule has 2 bridgehead atoms. The first-order valence-electron chi connectivity index (χ1n) is 16.4. The summed E-state index contributed by atoms with van der Waals surface area (Å²) in [5, 5.41) is 0. The third kappa shape index (κ3) is 7.35. The van der Waals surface area contributed by atoms with E-state index < -0.39 is 8.32 Å². The molecule has 3 aliphatic rings. The van der Waals surface area contributed by atoms with E-state index in [1.807, 2.05) is 7.11 Å². The molecule has 0 fully saturated rings. The van der Waals surface area contributed by atoms with Crippen LogP contribution in [-0.2, 0) is 17.3 Å². The summed E-state index contributed by atoms with van der Waals surface area (Å²) < 4.78 is 19.5. The van der Waals surface area contributed by atoms with Crippen LogP contribution < -0.4 is 9.47 Å². The summed E-state index contributed by atoms with van der Waals surface area (Å²) in [6.07, 6.45) is 15.4. The number of benzene rings is 1. The molecule has 0 saturated heterocycles. The standard InChI is InChI=1S/C38H60O3Si/c1-26(2)42(27(3)4,28(5)6)41-25-38-18-14-17-29(7)15-13-16-30(8)20-33-23-37(40-12)34(24-36(33)39-11)22-35(38)21-31(9)19-32(38)10/h14,16-17,19,23-24,26-28,32,35H,7,13,15,18,20-22,25H2,1-6,8-12H3/b17-14-,30-16-/t32-,35+,38-/m1/s1. The van der Waals surface area contributed by atoms with Crippen molar-refractivity contribution in [2.24, 2.45) is 17.3 Å². The molecule has 42 heavy (non-hydrogen) atoms. The Kier molecular flexibility index (Phi) is 12.0. The zero-order valence-electron chi connectivity index (χ0n) is 28.7. The average molecular weight is 593 g/mol. The molecule has 1 aromatic carbocycles. The Bertz CT molecular complexity index is 1150. The minimum absolute atomic E-state index is 0.0301. The molecule has 0 spiro atoms. The number of rotatable bonds is 8. The molecule has 0 aromatic heterocycles. The maximum absolute atomic E-state index is 7.48. The molecule has 3 nitrogen and oxygen atoms in total. The van der Waals surface area contributed by atoms with Gasteiger partial charge in [0, 0.05) is 17.6 Å². The van der Waals surface area contributed by atoms with Gasteiger partial charge in [-0.05, 0) is 98.5 Å². The van der Waals surface area contributed by atoms with E-state index in [9.17, 15) is 0 Å². The monoisotopic (exact) mass is 592 g/mol. The van der Waals surface area contributed by atoms with E-state index in [1.54, 1.807) is 7.11 Å². The number of allylic oxidation sites excluding steroid dienone is 7. The Balaban J connectivity index is 2.20. The van der Waals surface area contributed by atoms with Gasteiger partial charge in [0.15, 0.2) is 8.32 Å². The second-order valence-corrected chi connectivity index (χ2v) is 19.7. The summed E-state index contributed by atoms with van der Waals surface area (Å²) in [7, 11) is 1.55. The summed E-state index contributed by atoms with van der Waals surface area (Å²) in [4.78, 5) is 0. The molecule has 3 atom stereocenters. The van der Waals surface area contributed by atoms with Gasteiger partial charge < -0.3 is 13.9 Å². The van der Waals surface area contributed by atoms with Crippen molar-refractivity contribution < 1.29 is 13.9 Å². The van der Waals surface area contributed by atoms with E-state index in [-0.39, 0.29) is 5.41 Å². The number of hydrogen-bond donors (Lipinski definition) is 0. The van der Waals surface area contributed by atoms with Gasteiger partial charge in [-0.15, -0.1) is 0 Å². The van der Waals surface area contributed by atoms with Crippen LogP contribution in [0.25, 0.3) is 0 Å². The lowest BCUT2D eigenvalue weighted by molar-refractivity contribution is 0.0235. The van der Waals surface area contributed by atoms with Gasteiger partial charge in [-0.1, -0.05) is 96.1 Å². The number of ether oxygens (including phenoxy) is 2. The molecule has 4 heteroatoms. The van der Waals surface area contributed by atoms with Crippen molar-refractivity contribution in [2.75, 3.05) is 20.8 Å². The topological polar surface area (TPSA) is 27.7 Å². The summed E-state index contributed by atoms with van der Waals surface area (Å²) in [5.41, 5.74) is 8.07. The average Bonchev–Trinajstić information content (AvgIpc) is 2.90. The second kappa shape index (κ2) is 14.6. The molecule has 0 saturated carbocycles. The molecular formula is C38H60O3Si. The molecule has 0 unspecified atom stereocenters. The van der Waals surface area contributed by atoms with Crippen molar-refractivity contribution in [3.8, 4) is 11.5 Å². The SMILES string of the molecule is C=C1/C=C\C[C@]2(CO[Si](C(C)C)(C(C)C)C(C)C)[C@@H](CC(C)=C[C@H]2C)Cc2cc(OC)c(cc2OC)C/C(C)=C\CC1. The largest absolute Gasteiger partial charge is 0.496 e. The van der Waals surface area contributed by atoms with Crippen LogP contribution in [-0.4, -0.2) is 29.1 Å². The predicted octanol–water partition coefficient (Wildman–Crippen LogP) is 10.8. The Morgan fingerprint density at radius 3 is 2.10 bits per heavy atom. The molecule has 0 N–H and O–H groups in total. The maximum Gasteiger partial charge on any atom is 0.200 e. The summed E-state index contributed by atoms with van der Waals surface area (Å²) >= 11 is 0. The van der Waals surface area contributed by atoms with Crippen molar-refractivity contribution in [3.63, 3.8) is 0 Å². The quantitative estimate of drug-likeness (QED) is 0.222. The zero-order valence-corrected chi connectivity index (χ0v) is 29.7. The van der Waals surface area contributed by atoms with Crippen molar-refractivity contribution >= 4 is 8.32 Å². The smallest absolute Gasteiger partial charge is 0.200 e. The van der Waals surface area contributed by atoms with E-state index in [4.69, 9.17) is 13.9 Å². The van der Waals surface area contributed by atoms with Crippen LogP contribution in [0.3, 0.4) is 0 Å². The lowest BCUT2D eigenvalue weighted by Crippen LogP contribution is -2.52. The van der Waals surface area contributed by atoms with Crippen LogP contribution in [0, 0.1) is 17.3 Å². The molecule has 0 heterocycles.